The molecule has 2 N–H and O–H groups in total. The summed E-state index contributed by atoms with van der Waals surface area (Å²) in [7, 11) is 0. The van der Waals surface area contributed by atoms with Gasteiger partial charge in [0.25, 0.3) is 0 Å². The largest absolute Gasteiger partial charge is 0.476 e. The average molecular weight is 283 g/mol. The fourth-order valence-electron chi connectivity index (χ4n) is 2.93. The molecular weight excluding hydrogens is 266 g/mol. The van der Waals surface area contributed by atoms with Crippen LogP contribution in [-0.4, -0.2) is 27.1 Å². The lowest BCUT2D eigenvalue weighted by Gasteiger charge is -2.46. The summed E-state index contributed by atoms with van der Waals surface area (Å²) in [5.74, 6) is -0.436. The molecule has 0 unspecified atom stereocenters. The normalized spacial score (nSPS) is 24.1. The Kier molecular flexibility index (Phi) is 3.33. The van der Waals surface area contributed by atoms with Crippen molar-refractivity contribution in [2.75, 3.05) is 5.32 Å². The van der Waals surface area contributed by atoms with Crippen molar-refractivity contribution in [3.8, 4) is 0 Å². The predicted molar refractivity (Wildman–Crippen MR) is 79.4 cm³/mol. The molecule has 1 aromatic carbocycles. The average Bonchev–Trinajstić information content (AvgIpc) is 2.47. The molecule has 0 radical (unpaired) electrons. The van der Waals surface area contributed by atoms with E-state index in [-0.39, 0.29) is 11.1 Å². The monoisotopic (exact) mass is 283 g/mol. The van der Waals surface area contributed by atoms with Crippen LogP contribution in [-0.2, 0) is 5.41 Å². The highest BCUT2D eigenvalue weighted by Crippen LogP contribution is 2.44. The topological polar surface area (TPSA) is 75.1 Å². The number of benzene rings is 1. The molecule has 0 bridgehead atoms. The molecule has 1 aliphatic rings. The molecule has 0 saturated heterocycles. The number of anilines is 1. The van der Waals surface area contributed by atoms with Crippen LogP contribution >= 0.6 is 0 Å². The number of aromatic carboxylic acids is 1. The molecule has 108 valence electrons. The fraction of sp³-hybridized carbons (Fsp3) is 0.312. The minimum Gasteiger partial charge on any atom is -0.476 e. The second-order valence-corrected chi connectivity index (χ2v) is 5.77. The molecule has 1 heterocycles. The molecule has 5 nitrogen and oxygen atoms in total. The van der Waals surface area contributed by atoms with E-state index >= 15 is 0 Å². The van der Waals surface area contributed by atoms with Crippen LogP contribution in [0, 0.1) is 0 Å². The van der Waals surface area contributed by atoms with Crippen LogP contribution in [0.1, 0.15) is 35.8 Å². The number of nitrogens with one attached hydrogen (secondary N) is 1. The highest BCUT2D eigenvalue weighted by atomic mass is 16.4. The van der Waals surface area contributed by atoms with Crippen LogP contribution in [0.25, 0.3) is 0 Å². The lowest BCUT2D eigenvalue weighted by atomic mass is 9.63. The Hall–Kier alpha value is -2.43. The molecule has 3 rings (SSSR count). The number of hydrogen-bond donors (Lipinski definition) is 2. The maximum absolute atomic E-state index is 10.7. The van der Waals surface area contributed by atoms with Crippen LogP contribution < -0.4 is 5.32 Å². The first kappa shape index (κ1) is 13.5. The number of carboxylic acid groups (broad SMARTS) is 1. The third-order valence-electron chi connectivity index (χ3n) is 4.09. The van der Waals surface area contributed by atoms with Gasteiger partial charge in [0, 0.05) is 6.04 Å². The van der Waals surface area contributed by atoms with Gasteiger partial charge < -0.3 is 10.4 Å². The first-order valence-electron chi connectivity index (χ1n) is 6.94. The Balaban J connectivity index is 1.61. The smallest absolute Gasteiger partial charge is 0.356 e. The summed E-state index contributed by atoms with van der Waals surface area (Å²) in [4.78, 5) is 18.7. The van der Waals surface area contributed by atoms with E-state index in [4.69, 9.17) is 5.11 Å². The highest BCUT2D eigenvalue weighted by molar-refractivity contribution is 5.84. The zero-order chi connectivity index (χ0) is 14.9. The van der Waals surface area contributed by atoms with Crippen molar-refractivity contribution in [3.63, 3.8) is 0 Å². The van der Waals surface area contributed by atoms with Gasteiger partial charge in [-0.15, -0.1) is 0 Å². The van der Waals surface area contributed by atoms with E-state index < -0.39 is 5.97 Å². The van der Waals surface area contributed by atoms with Gasteiger partial charge in [-0.05, 0) is 23.8 Å². The van der Waals surface area contributed by atoms with Crippen molar-refractivity contribution >= 4 is 11.8 Å². The van der Waals surface area contributed by atoms with Gasteiger partial charge in [-0.25, -0.2) is 14.8 Å². The van der Waals surface area contributed by atoms with Crippen molar-refractivity contribution < 1.29 is 9.90 Å². The van der Waals surface area contributed by atoms with Gasteiger partial charge in [0.2, 0.25) is 0 Å². The van der Waals surface area contributed by atoms with Gasteiger partial charge in [-0.2, -0.15) is 0 Å². The van der Waals surface area contributed by atoms with E-state index in [0.29, 0.717) is 11.9 Å². The Morgan fingerprint density at radius 3 is 2.52 bits per heavy atom. The molecule has 1 aromatic heterocycles. The molecule has 21 heavy (non-hydrogen) atoms. The standard InChI is InChI=1S/C16H17N3O2/c1-16(11-5-3-2-4-6-11)7-12(8-16)19-14-10-17-13(9-18-14)15(20)21/h2-6,9-10,12H,7-8H2,1H3,(H,18,19)(H,20,21). The molecule has 1 aliphatic carbocycles. The van der Waals surface area contributed by atoms with Gasteiger partial charge in [-0.1, -0.05) is 37.3 Å². The van der Waals surface area contributed by atoms with Crippen LogP contribution in [0.3, 0.4) is 0 Å². The predicted octanol–water partition coefficient (Wildman–Crippen LogP) is 2.71. The van der Waals surface area contributed by atoms with Crippen molar-refractivity contribution in [1.82, 2.24) is 9.97 Å². The van der Waals surface area contributed by atoms with Crippen LogP contribution in [0.5, 0.6) is 0 Å². The van der Waals surface area contributed by atoms with Crippen LogP contribution in [0.2, 0.25) is 0 Å². The van der Waals surface area contributed by atoms with E-state index in [9.17, 15) is 4.79 Å². The lowest BCUT2D eigenvalue weighted by molar-refractivity contribution is 0.0690. The molecule has 0 atom stereocenters. The van der Waals surface area contributed by atoms with Gasteiger partial charge in [0.15, 0.2) is 5.69 Å². The van der Waals surface area contributed by atoms with E-state index in [1.807, 2.05) is 6.07 Å². The summed E-state index contributed by atoms with van der Waals surface area (Å²) in [6.07, 6.45) is 4.81. The number of rotatable bonds is 4. The molecule has 0 spiro atoms. The zero-order valence-corrected chi connectivity index (χ0v) is 11.8. The SMILES string of the molecule is CC1(c2ccccc2)CC(Nc2cnc(C(=O)O)cn2)C1. The maximum Gasteiger partial charge on any atom is 0.356 e. The quantitative estimate of drug-likeness (QED) is 0.902. The third-order valence-corrected chi connectivity index (χ3v) is 4.09. The second-order valence-electron chi connectivity index (χ2n) is 5.77. The molecule has 0 aliphatic heterocycles. The van der Waals surface area contributed by atoms with Gasteiger partial charge >= 0.3 is 5.97 Å². The van der Waals surface area contributed by atoms with Crippen molar-refractivity contribution in [2.45, 2.75) is 31.2 Å². The Bertz CT molecular complexity index is 634. The minimum absolute atomic E-state index is 0.0386. The summed E-state index contributed by atoms with van der Waals surface area (Å²) in [6, 6.07) is 10.8. The maximum atomic E-state index is 10.7. The summed E-state index contributed by atoms with van der Waals surface area (Å²) in [5, 5.41) is 12.1. The van der Waals surface area contributed by atoms with Gasteiger partial charge in [0.1, 0.15) is 5.82 Å². The number of nitrogens with zero attached hydrogens (tertiary/aromatic N) is 2. The van der Waals surface area contributed by atoms with Crippen molar-refractivity contribution in [3.05, 3.63) is 54.0 Å². The Morgan fingerprint density at radius 2 is 1.95 bits per heavy atom. The summed E-state index contributed by atoms with van der Waals surface area (Å²) in [6.45, 7) is 2.26. The first-order valence-corrected chi connectivity index (χ1v) is 6.94. The molecule has 1 fully saturated rings. The molecule has 1 saturated carbocycles. The van der Waals surface area contributed by atoms with Gasteiger partial charge in [-0.3, -0.25) is 0 Å². The Morgan fingerprint density at radius 1 is 1.24 bits per heavy atom. The molecule has 5 heteroatoms. The number of carbonyl (C=O) groups is 1. The number of hydrogen-bond acceptors (Lipinski definition) is 4. The summed E-state index contributed by atoms with van der Waals surface area (Å²) >= 11 is 0. The van der Waals surface area contributed by atoms with Crippen LogP contribution in [0.4, 0.5) is 5.82 Å². The number of carboxylic acids is 1. The van der Waals surface area contributed by atoms with E-state index in [0.717, 1.165) is 12.8 Å². The molecule has 2 aromatic rings. The van der Waals surface area contributed by atoms with E-state index in [2.05, 4.69) is 46.5 Å². The van der Waals surface area contributed by atoms with Gasteiger partial charge in [0.05, 0.1) is 12.4 Å². The third kappa shape index (κ3) is 2.72. The minimum atomic E-state index is -1.06. The molecule has 0 amide bonds. The number of aromatic nitrogens is 2. The van der Waals surface area contributed by atoms with Crippen LogP contribution in [0.15, 0.2) is 42.7 Å². The van der Waals surface area contributed by atoms with E-state index in [1.165, 1.54) is 18.0 Å². The summed E-state index contributed by atoms with van der Waals surface area (Å²) < 4.78 is 0. The van der Waals surface area contributed by atoms with E-state index in [1.54, 1.807) is 0 Å². The molecular formula is C16H17N3O2. The van der Waals surface area contributed by atoms with Crippen molar-refractivity contribution in [1.29, 1.82) is 0 Å². The second kappa shape index (κ2) is 5.16. The van der Waals surface area contributed by atoms with Crippen molar-refractivity contribution in [2.24, 2.45) is 0 Å². The summed E-state index contributed by atoms with van der Waals surface area (Å²) in [5.41, 5.74) is 1.52. The highest BCUT2D eigenvalue weighted by Gasteiger charge is 2.41. The zero-order valence-electron chi connectivity index (χ0n) is 11.8. The lowest BCUT2D eigenvalue weighted by Crippen LogP contribution is -2.46. The first-order chi connectivity index (χ1) is 10.1. The fourth-order valence-corrected chi connectivity index (χ4v) is 2.93. The Labute approximate surface area is 123 Å².